The molecule has 0 atom stereocenters. The van der Waals surface area contributed by atoms with Crippen molar-refractivity contribution in [3.05, 3.63) is 29.3 Å². The van der Waals surface area contributed by atoms with Crippen molar-refractivity contribution in [3.8, 4) is 5.75 Å². The van der Waals surface area contributed by atoms with Crippen LogP contribution in [0.15, 0.2) is 24.3 Å². The maximum atomic E-state index is 11.6. The summed E-state index contributed by atoms with van der Waals surface area (Å²) in [6.45, 7) is 3.04. The van der Waals surface area contributed by atoms with Crippen molar-refractivity contribution >= 4 is 21.6 Å². The van der Waals surface area contributed by atoms with Gasteiger partial charge in [0.1, 0.15) is 18.0 Å². The first kappa shape index (κ1) is 19.9. The van der Waals surface area contributed by atoms with Crippen LogP contribution in [-0.4, -0.2) is 73.4 Å². The Morgan fingerprint density at radius 2 is 1.88 bits per heavy atom. The van der Waals surface area contributed by atoms with Gasteiger partial charge >= 0.3 is 0 Å². The number of nitrogens with zero attached hydrogens (tertiary/aromatic N) is 2. The maximum Gasteiger partial charge on any atom is 0.211 e. The second kappa shape index (κ2) is 8.02. The summed E-state index contributed by atoms with van der Waals surface area (Å²) in [5.41, 5.74) is -0.827. The highest BCUT2D eigenvalue weighted by Gasteiger charge is 2.37. The van der Waals surface area contributed by atoms with Gasteiger partial charge < -0.3 is 14.7 Å². The van der Waals surface area contributed by atoms with E-state index in [2.05, 4.69) is 4.90 Å². The molecule has 0 radical (unpaired) electrons. The molecule has 0 aliphatic carbocycles. The molecule has 0 bridgehead atoms. The highest BCUT2D eigenvalue weighted by atomic mass is 35.5. The van der Waals surface area contributed by atoms with Crippen LogP contribution in [0.5, 0.6) is 5.75 Å². The third-order valence-corrected chi connectivity index (χ3v) is 6.98. The van der Waals surface area contributed by atoms with E-state index < -0.39 is 15.6 Å². The lowest BCUT2D eigenvalue weighted by molar-refractivity contribution is -0.0623. The number of benzene rings is 1. The second-order valence-electron chi connectivity index (χ2n) is 7.40. The van der Waals surface area contributed by atoms with Crippen molar-refractivity contribution in [2.24, 2.45) is 0 Å². The molecule has 146 valence electrons. The van der Waals surface area contributed by atoms with Crippen molar-refractivity contribution in [2.75, 3.05) is 39.0 Å². The molecule has 8 heteroatoms. The number of likely N-dealkylation sites (tertiary alicyclic amines) is 1. The molecule has 1 aromatic rings. The fourth-order valence-corrected chi connectivity index (χ4v) is 4.82. The van der Waals surface area contributed by atoms with E-state index in [-0.39, 0.29) is 6.61 Å². The molecule has 6 nitrogen and oxygen atoms in total. The Kier molecular flexibility index (Phi) is 6.14. The first-order valence-corrected chi connectivity index (χ1v) is 11.3. The molecule has 0 spiro atoms. The number of piperidine rings is 2. The molecule has 26 heavy (non-hydrogen) atoms. The van der Waals surface area contributed by atoms with Gasteiger partial charge in [-0.3, -0.25) is 0 Å². The molecule has 0 unspecified atom stereocenters. The Bertz CT molecular complexity index is 712. The summed E-state index contributed by atoms with van der Waals surface area (Å²) in [7, 11) is -3.09. The molecule has 2 aliphatic heterocycles. The third kappa shape index (κ3) is 5.10. The van der Waals surface area contributed by atoms with Gasteiger partial charge in [0, 0.05) is 37.2 Å². The molecular formula is C18H27ClN2O4S. The van der Waals surface area contributed by atoms with Crippen LogP contribution >= 0.6 is 11.6 Å². The van der Waals surface area contributed by atoms with Crippen molar-refractivity contribution < 1.29 is 18.3 Å². The number of hydrogen-bond donors (Lipinski definition) is 1. The van der Waals surface area contributed by atoms with Crippen LogP contribution in [0.2, 0.25) is 5.02 Å². The van der Waals surface area contributed by atoms with Gasteiger partial charge in [0.25, 0.3) is 0 Å². The summed E-state index contributed by atoms with van der Waals surface area (Å²) < 4.78 is 30.5. The Balaban J connectivity index is 1.46. The standard InChI is InChI=1S/C18H27ClN2O4S/c1-26(23,24)21-9-5-16(6-10-21)20-11-7-18(22,8-12-20)14-25-17-4-2-3-15(19)13-17/h2-4,13,16,22H,5-12,14H2,1H3. The zero-order chi connectivity index (χ0) is 18.8. The highest BCUT2D eigenvalue weighted by Crippen LogP contribution is 2.28. The van der Waals surface area contributed by atoms with E-state index in [1.165, 1.54) is 6.26 Å². The van der Waals surface area contributed by atoms with Crippen LogP contribution in [0.1, 0.15) is 25.7 Å². The van der Waals surface area contributed by atoms with Crippen LogP contribution < -0.4 is 4.74 Å². The van der Waals surface area contributed by atoms with Gasteiger partial charge in [-0.15, -0.1) is 0 Å². The van der Waals surface area contributed by atoms with Crippen LogP contribution in [0, 0.1) is 0 Å². The molecule has 2 fully saturated rings. The fourth-order valence-electron chi connectivity index (χ4n) is 3.76. The number of rotatable bonds is 5. The normalized spacial score (nSPS) is 23.0. The zero-order valence-corrected chi connectivity index (χ0v) is 16.7. The van der Waals surface area contributed by atoms with E-state index in [0.29, 0.717) is 42.7 Å². The number of aliphatic hydroxyl groups is 1. The summed E-state index contributed by atoms with van der Waals surface area (Å²) in [6.07, 6.45) is 4.28. The fraction of sp³-hybridized carbons (Fsp3) is 0.667. The zero-order valence-electron chi connectivity index (χ0n) is 15.1. The van der Waals surface area contributed by atoms with Crippen LogP contribution in [0.25, 0.3) is 0 Å². The second-order valence-corrected chi connectivity index (χ2v) is 9.82. The monoisotopic (exact) mass is 402 g/mol. The largest absolute Gasteiger partial charge is 0.491 e. The molecule has 2 heterocycles. The van der Waals surface area contributed by atoms with Gasteiger partial charge in [-0.25, -0.2) is 12.7 Å². The van der Waals surface area contributed by atoms with Gasteiger partial charge in [0.2, 0.25) is 10.0 Å². The first-order valence-electron chi connectivity index (χ1n) is 9.05. The minimum absolute atomic E-state index is 0.258. The minimum Gasteiger partial charge on any atom is -0.491 e. The molecule has 2 saturated heterocycles. The van der Waals surface area contributed by atoms with Gasteiger partial charge in [-0.1, -0.05) is 17.7 Å². The number of ether oxygens (including phenoxy) is 1. The Morgan fingerprint density at radius 3 is 2.46 bits per heavy atom. The van der Waals surface area contributed by atoms with Gasteiger partial charge in [0.15, 0.2) is 0 Å². The molecule has 1 aromatic carbocycles. The lowest BCUT2D eigenvalue weighted by Gasteiger charge is -2.43. The van der Waals surface area contributed by atoms with Crippen LogP contribution in [0.3, 0.4) is 0 Å². The van der Waals surface area contributed by atoms with E-state index in [1.807, 2.05) is 12.1 Å². The summed E-state index contributed by atoms with van der Waals surface area (Å²) in [4.78, 5) is 2.38. The lowest BCUT2D eigenvalue weighted by Crippen LogP contribution is -2.53. The van der Waals surface area contributed by atoms with E-state index in [4.69, 9.17) is 16.3 Å². The molecule has 2 aliphatic rings. The van der Waals surface area contributed by atoms with Gasteiger partial charge in [-0.2, -0.15) is 0 Å². The molecule has 0 saturated carbocycles. The number of sulfonamides is 1. The van der Waals surface area contributed by atoms with Crippen molar-refractivity contribution in [3.63, 3.8) is 0 Å². The molecule has 0 aromatic heterocycles. The van der Waals surface area contributed by atoms with E-state index in [9.17, 15) is 13.5 Å². The molecule has 0 amide bonds. The quantitative estimate of drug-likeness (QED) is 0.815. The third-order valence-electron chi connectivity index (χ3n) is 5.44. The van der Waals surface area contributed by atoms with Gasteiger partial charge in [0.05, 0.1) is 6.26 Å². The summed E-state index contributed by atoms with van der Waals surface area (Å²) in [5, 5.41) is 11.4. The topological polar surface area (TPSA) is 70.1 Å². The average molecular weight is 403 g/mol. The van der Waals surface area contributed by atoms with E-state index in [0.717, 1.165) is 25.9 Å². The predicted octanol–water partition coefficient (Wildman–Crippen LogP) is 1.97. The number of hydrogen-bond acceptors (Lipinski definition) is 5. The summed E-state index contributed by atoms with van der Waals surface area (Å²) in [5.74, 6) is 0.668. The minimum atomic E-state index is -3.09. The highest BCUT2D eigenvalue weighted by molar-refractivity contribution is 7.88. The SMILES string of the molecule is CS(=O)(=O)N1CCC(N2CCC(O)(COc3cccc(Cl)c3)CC2)CC1. The van der Waals surface area contributed by atoms with E-state index >= 15 is 0 Å². The lowest BCUT2D eigenvalue weighted by atomic mass is 9.90. The van der Waals surface area contributed by atoms with Gasteiger partial charge in [-0.05, 0) is 43.9 Å². The molecule has 3 rings (SSSR count). The van der Waals surface area contributed by atoms with Crippen LogP contribution in [0.4, 0.5) is 0 Å². The summed E-state index contributed by atoms with van der Waals surface area (Å²) in [6, 6.07) is 7.59. The van der Waals surface area contributed by atoms with Crippen LogP contribution in [-0.2, 0) is 10.0 Å². The summed E-state index contributed by atoms with van der Waals surface area (Å²) >= 11 is 5.95. The van der Waals surface area contributed by atoms with Crippen molar-refractivity contribution in [2.45, 2.75) is 37.3 Å². The molecular weight excluding hydrogens is 376 g/mol. The van der Waals surface area contributed by atoms with E-state index in [1.54, 1.807) is 16.4 Å². The first-order chi connectivity index (χ1) is 12.3. The Hall–Kier alpha value is -0.860. The Morgan fingerprint density at radius 1 is 1.23 bits per heavy atom. The predicted molar refractivity (Wildman–Crippen MR) is 102 cm³/mol. The molecule has 1 N–H and O–H groups in total. The smallest absolute Gasteiger partial charge is 0.211 e. The average Bonchev–Trinajstić information content (AvgIpc) is 2.60. The van der Waals surface area contributed by atoms with Crippen molar-refractivity contribution in [1.29, 1.82) is 0 Å². The maximum absolute atomic E-state index is 11.6. The van der Waals surface area contributed by atoms with Crippen molar-refractivity contribution in [1.82, 2.24) is 9.21 Å². The Labute approximate surface area is 160 Å². The number of halogens is 1.